The molecule has 2 aromatic rings. The van der Waals surface area contributed by atoms with Gasteiger partial charge in [0.05, 0.1) is 11.4 Å². The lowest BCUT2D eigenvalue weighted by Gasteiger charge is -1.99. The number of hydrogen-bond donors (Lipinski definition) is 0. The smallest absolute Gasteiger partial charge is 0.150 e. The van der Waals surface area contributed by atoms with Crippen molar-refractivity contribution >= 4 is 17.7 Å². The lowest BCUT2D eigenvalue weighted by molar-refractivity contribution is 0.112. The number of carbonyl (C=O) groups is 1. The molecule has 0 saturated carbocycles. The Balaban J connectivity index is 2.23. The highest BCUT2D eigenvalue weighted by Crippen LogP contribution is 2.22. The fourth-order valence-electron chi connectivity index (χ4n) is 1.59. The summed E-state index contributed by atoms with van der Waals surface area (Å²) in [5.74, 6) is 0. The first kappa shape index (κ1) is 12.2. The van der Waals surface area contributed by atoms with E-state index in [1.807, 2.05) is 38.1 Å². The van der Waals surface area contributed by atoms with Crippen LogP contribution < -0.4 is 0 Å². The Labute approximate surface area is 106 Å². The third-order valence-corrected chi connectivity index (χ3v) is 2.66. The van der Waals surface area contributed by atoms with Gasteiger partial charge in [-0.3, -0.25) is 4.79 Å². The van der Waals surface area contributed by atoms with Crippen LogP contribution in [0.15, 0.2) is 52.7 Å². The molecule has 0 radical (unpaired) electrons. The average Bonchev–Trinajstić information content (AvgIpc) is 2.39. The van der Waals surface area contributed by atoms with Gasteiger partial charge < -0.3 is 0 Å². The van der Waals surface area contributed by atoms with Gasteiger partial charge in [0.2, 0.25) is 0 Å². The Morgan fingerprint density at radius 2 is 1.67 bits per heavy atom. The van der Waals surface area contributed by atoms with Crippen LogP contribution in [0.4, 0.5) is 11.4 Å². The Bertz CT molecular complexity index is 586. The van der Waals surface area contributed by atoms with E-state index in [2.05, 4.69) is 10.2 Å². The molecule has 2 rings (SSSR count). The number of hydrogen-bond acceptors (Lipinski definition) is 3. The molecule has 3 nitrogen and oxygen atoms in total. The normalized spacial score (nSPS) is 10.8. The van der Waals surface area contributed by atoms with Crippen molar-refractivity contribution < 1.29 is 4.79 Å². The molecule has 0 spiro atoms. The van der Waals surface area contributed by atoms with Gasteiger partial charge in [0.25, 0.3) is 0 Å². The van der Waals surface area contributed by atoms with E-state index in [1.54, 1.807) is 18.2 Å². The molecular formula is C15H14N2O. The largest absolute Gasteiger partial charge is 0.298 e. The number of aldehydes is 1. The average molecular weight is 238 g/mol. The highest BCUT2D eigenvalue weighted by Gasteiger charge is 1.98. The monoisotopic (exact) mass is 238 g/mol. The SMILES string of the molecule is Cc1ccc(N=Nc2ccc(C=O)cc2C)cc1. The second-order valence-corrected chi connectivity index (χ2v) is 4.20. The van der Waals surface area contributed by atoms with Gasteiger partial charge in [-0.15, -0.1) is 0 Å². The van der Waals surface area contributed by atoms with Crippen molar-refractivity contribution in [3.05, 3.63) is 59.2 Å². The lowest BCUT2D eigenvalue weighted by atomic mass is 10.1. The molecule has 90 valence electrons. The van der Waals surface area contributed by atoms with Gasteiger partial charge in [-0.25, -0.2) is 0 Å². The summed E-state index contributed by atoms with van der Waals surface area (Å²) in [5.41, 5.74) is 4.39. The highest BCUT2D eigenvalue weighted by molar-refractivity contribution is 5.76. The van der Waals surface area contributed by atoms with E-state index < -0.39 is 0 Å². The summed E-state index contributed by atoms with van der Waals surface area (Å²) < 4.78 is 0. The molecule has 18 heavy (non-hydrogen) atoms. The third kappa shape index (κ3) is 2.88. The Morgan fingerprint density at radius 3 is 2.28 bits per heavy atom. The van der Waals surface area contributed by atoms with E-state index in [4.69, 9.17) is 0 Å². The third-order valence-electron chi connectivity index (χ3n) is 2.66. The second-order valence-electron chi connectivity index (χ2n) is 4.20. The van der Waals surface area contributed by atoms with Crippen LogP contribution in [0.2, 0.25) is 0 Å². The van der Waals surface area contributed by atoms with Gasteiger partial charge in [0.15, 0.2) is 0 Å². The molecule has 0 atom stereocenters. The van der Waals surface area contributed by atoms with E-state index in [0.29, 0.717) is 5.56 Å². The molecule has 0 fully saturated rings. The standard InChI is InChI=1S/C15H14N2O/c1-11-3-6-14(7-4-11)16-17-15-8-5-13(10-18)9-12(15)2/h3-10H,1-2H3. The van der Waals surface area contributed by atoms with E-state index in [-0.39, 0.29) is 0 Å². The van der Waals surface area contributed by atoms with Gasteiger partial charge in [-0.1, -0.05) is 17.7 Å². The van der Waals surface area contributed by atoms with Crippen molar-refractivity contribution in [2.45, 2.75) is 13.8 Å². The number of nitrogens with zero attached hydrogens (tertiary/aromatic N) is 2. The van der Waals surface area contributed by atoms with Crippen molar-refractivity contribution in [1.82, 2.24) is 0 Å². The maximum atomic E-state index is 10.6. The van der Waals surface area contributed by atoms with Crippen molar-refractivity contribution in [3.8, 4) is 0 Å². The fraction of sp³-hybridized carbons (Fsp3) is 0.133. The minimum absolute atomic E-state index is 0.654. The van der Waals surface area contributed by atoms with E-state index in [0.717, 1.165) is 23.2 Å². The molecule has 0 aliphatic carbocycles. The van der Waals surface area contributed by atoms with E-state index in [9.17, 15) is 4.79 Å². The second kappa shape index (κ2) is 5.36. The van der Waals surface area contributed by atoms with Crippen molar-refractivity contribution in [2.75, 3.05) is 0 Å². The van der Waals surface area contributed by atoms with Crippen molar-refractivity contribution in [1.29, 1.82) is 0 Å². The van der Waals surface area contributed by atoms with Gasteiger partial charge >= 0.3 is 0 Å². The molecule has 0 amide bonds. The molecule has 0 bridgehead atoms. The molecule has 0 unspecified atom stereocenters. The summed E-state index contributed by atoms with van der Waals surface area (Å²) >= 11 is 0. The number of rotatable bonds is 3. The first-order valence-electron chi connectivity index (χ1n) is 5.73. The molecule has 3 heteroatoms. The van der Waals surface area contributed by atoms with Crippen LogP contribution in [0.25, 0.3) is 0 Å². The summed E-state index contributed by atoms with van der Waals surface area (Å²) in [6, 6.07) is 13.2. The number of aryl methyl sites for hydroxylation is 2. The topological polar surface area (TPSA) is 41.8 Å². The minimum atomic E-state index is 0.654. The summed E-state index contributed by atoms with van der Waals surface area (Å²) in [4.78, 5) is 10.6. The van der Waals surface area contributed by atoms with Crippen LogP contribution in [0.5, 0.6) is 0 Å². The number of azo groups is 1. The van der Waals surface area contributed by atoms with Crippen LogP contribution in [0.3, 0.4) is 0 Å². The van der Waals surface area contributed by atoms with Gasteiger partial charge in [0, 0.05) is 5.56 Å². The predicted molar refractivity (Wildman–Crippen MR) is 71.9 cm³/mol. The van der Waals surface area contributed by atoms with Crippen molar-refractivity contribution in [3.63, 3.8) is 0 Å². The van der Waals surface area contributed by atoms with Crippen LogP contribution in [0, 0.1) is 13.8 Å². The summed E-state index contributed by atoms with van der Waals surface area (Å²) in [6.45, 7) is 3.94. The quantitative estimate of drug-likeness (QED) is 0.572. The molecule has 0 aliphatic heterocycles. The summed E-state index contributed by atoms with van der Waals surface area (Å²) in [7, 11) is 0. The zero-order valence-electron chi connectivity index (χ0n) is 10.4. The van der Waals surface area contributed by atoms with Crippen LogP contribution in [-0.4, -0.2) is 6.29 Å². The van der Waals surface area contributed by atoms with E-state index in [1.165, 1.54) is 5.56 Å². The molecular weight excluding hydrogens is 224 g/mol. The van der Waals surface area contributed by atoms with Crippen LogP contribution >= 0.6 is 0 Å². The maximum Gasteiger partial charge on any atom is 0.150 e. The molecule has 2 aromatic carbocycles. The highest BCUT2D eigenvalue weighted by atomic mass is 16.1. The first-order chi connectivity index (χ1) is 8.69. The van der Waals surface area contributed by atoms with Gasteiger partial charge in [-0.2, -0.15) is 10.2 Å². The zero-order chi connectivity index (χ0) is 13.0. The maximum absolute atomic E-state index is 10.6. The number of carbonyl (C=O) groups excluding carboxylic acids is 1. The van der Waals surface area contributed by atoms with E-state index >= 15 is 0 Å². The zero-order valence-corrected chi connectivity index (χ0v) is 10.4. The molecule has 0 N–H and O–H groups in total. The molecule has 0 saturated heterocycles. The number of benzene rings is 2. The molecule has 0 heterocycles. The Kier molecular flexibility index (Phi) is 3.63. The molecule has 0 aliphatic rings. The minimum Gasteiger partial charge on any atom is -0.298 e. The predicted octanol–water partition coefficient (Wildman–Crippen LogP) is 4.53. The Morgan fingerprint density at radius 1 is 0.944 bits per heavy atom. The fourth-order valence-corrected chi connectivity index (χ4v) is 1.59. The lowest BCUT2D eigenvalue weighted by Crippen LogP contribution is -1.81. The summed E-state index contributed by atoms with van der Waals surface area (Å²) in [6.07, 6.45) is 0.827. The van der Waals surface area contributed by atoms with Crippen molar-refractivity contribution in [2.24, 2.45) is 10.2 Å². The van der Waals surface area contributed by atoms with Gasteiger partial charge in [-0.05, 0) is 49.7 Å². The Hall–Kier alpha value is -2.29. The molecule has 0 aromatic heterocycles. The van der Waals surface area contributed by atoms with Crippen LogP contribution in [-0.2, 0) is 0 Å². The first-order valence-corrected chi connectivity index (χ1v) is 5.73. The van der Waals surface area contributed by atoms with Gasteiger partial charge in [0.1, 0.15) is 6.29 Å². The summed E-state index contributed by atoms with van der Waals surface area (Å²) in [5, 5.41) is 8.36. The van der Waals surface area contributed by atoms with Crippen LogP contribution in [0.1, 0.15) is 21.5 Å².